The third kappa shape index (κ3) is 4.25. The molecule has 2 aliphatic rings. The predicted molar refractivity (Wildman–Crippen MR) is 108 cm³/mol. The summed E-state index contributed by atoms with van der Waals surface area (Å²) in [7, 11) is 4.81. The van der Waals surface area contributed by atoms with Gasteiger partial charge in [0, 0.05) is 24.6 Å². The van der Waals surface area contributed by atoms with Crippen LogP contribution in [0.4, 0.5) is 5.69 Å². The molecule has 1 aliphatic carbocycles. The Kier molecular flexibility index (Phi) is 7.14. The van der Waals surface area contributed by atoms with Gasteiger partial charge in [-0.2, -0.15) is 0 Å². The lowest BCUT2D eigenvalue weighted by Gasteiger charge is -2.38. The molecule has 1 heterocycles. The average molecular weight is 464 g/mol. The van der Waals surface area contributed by atoms with Crippen molar-refractivity contribution in [3.63, 3.8) is 0 Å². The standard InChI is InChI=1S/C22H29N2.CH4.HI/c1-24(2)14-8-13-22(24)17-23(20-11-4-3-5-12-20)21-15-18-9-6-7-10-19(18)16-21;;/h3-7,9-12,21-22H,8,13-17H2,1-2H3;1H4;1H/q+1;;/p-1. The number of anilines is 1. The fourth-order valence-electron chi connectivity index (χ4n) is 4.65. The first-order chi connectivity index (χ1) is 11.6. The number of quaternary nitrogens is 1. The van der Waals surface area contributed by atoms with E-state index in [-0.39, 0.29) is 31.4 Å². The third-order valence-electron chi connectivity index (χ3n) is 6.23. The van der Waals surface area contributed by atoms with Gasteiger partial charge < -0.3 is 33.4 Å². The summed E-state index contributed by atoms with van der Waals surface area (Å²) >= 11 is 0. The number of rotatable bonds is 4. The quantitative estimate of drug-likeness (QED) is 0.490. The van der Waals surface area contributed by atoms with Crippen LogP contribution in [0.15, 0.2) is 54.6 Å². The minimum atomic E-state index is 0. The van der Waals surface area contributed by atoms with Crippen molar-refractivity contribution < 1.29 is 28.5 Å². The monoisotopic (exact) mass is 464 g/mol. The van der Waals surface area contributed by atoms with Crippen LogP contribution in [0.3, 0.4) is 0 Å². The van der Waals surface area contributed by atoms with E-state index in [0.717, 1.165) is 6.04 Å². The molecule has 2 aromatic carbocycles. The molecule has 3 heteroatoms. The molecule has 0 saturated carbocycles. The maximum Gasteiger partial charge on any atom is 0.107 e. The van der Waals surface area contributed by atoms with Crippen LogP contribution >= 0.6 is 0 Å². The third-order valence-corrected chi connectivity index (χ3v) is 6.23. The Morgan fingerprint density at radius 2 is 1.50 bits per heavy atom. The zero-order valence-electron chi connectivity index (χ0n) is 15.4. The van der Waals surface area contributed by atoms with E-state index < -0.39 is 0 Å². The Labute approximate surface area is 176 Å². The van der Waals surface area contributed by atoms with Gasteiger partial charge in [-0.05, 0) is 36.1 Å². The van der Waals surface area contributed by atoms with Crippen molar-refractivity contribution in [2.24, 2.45) is 0 Å². The molecular weight excluding hydrogens is 431 g/mol. The minimum absolute atomic E-state index is 0. The Morgan fingerprint density at radius 3 is 2.04 bits per heavy atom. The van der Waals surface area contributed by atoms with Crippen molar-refractivity contribution in [2.75, 3.05) is 32.1 Å². The molecule has 0 spiro atoms. The summed E-state index contributed by atoms with van der Waals surface area (Å²) in [4.78, 5) is 2.70. The van der Waals surface area contributed by atoms with Crippen molar-refractivity contribution in [2.45, 2.75) is 45.2 Å². The van der Waals surface area contributed by atoms with E-state index in [1.165, 1.54) is 48.9 Å². The van der Waals surface area contributed by atoms with Crippen LogP contribution in [0.1, 0.15) is 31.4 Å². The van der Waals surface area contributed by atoms with Crippen molar-refractivity contribution in [1.82, 2.24) is 0 Å². The molecule has 26 heavy (non-hydrogen) atoms. The molecule has 0 radical (unpaired) electrons. The van der Waals surface area contributed by atoms with Gasteiger partial charge in [-0.15, -0.1) is 0 Å². The van der Waals surface area contributed by atoms with Crippen molar-refractivity contribution in [3.05, 3.63) is 65.7 Å². The summed E-state index contributed by atoms with van der Waals surface area (Å²) in [6.07, 6.45) is 5.09. The van der Waals surface area contributed by atoms with Gasteiger partial charge in [0.2, 0.25) is 0 Å². The molecule has 2 nitrogen and oxygen atoms in total. The highest BCUT2D eigenvalue weighted by Gasteiger charge is 2.37. The molecule has 1 fully saturated rings. The van der Waals surface area contributed by atoms with E-state index in [1.807, 2.05) is 0 Å². The van der Waals surface area contributed by atoms with E-state index in [0.29, 0.717) is 6.04 Å². The van der Waals surface area contributed by atoms with E-state index >= 15 is 0 Å². The number of hydrogen-bond acceptors (Lipinski definition) is 1. The number of para-hydroxylation sites is 1. The summed E-state index contributed by atoms with van der Waals surface area (Å²) in [6, 6.07) is 21.4. The highest BCUT2D eigenvalue weighted by Crippen LogP contribution is 2.31. The van der Waals surface area contributed by atoms with Crippen molar-refractivity contribution in [1.29, 1.82) is 0 Å². The SMILES string of the molecule is C.C[N+]1(C)CCCC1CN(c1ccccc1)C1Cc2ccccc2C1.[I-]. The van der Waals surface area contributed by atoms with Gasteiger partial charge in [-0.1, -0.05) is 49.9 Å². The van der Waals surface area contributed by atoms with Crippen LogP contribution in [0.25, 0.3) is 0 Å². The molecule has 0 amide bonds. The number of fused-ring (bicyclic) bond motifs is 1. The fourth-order valence-corrected chi connectivity index (χ4v) is 4.65. The van der Waals surface area contributed by atoms with Gasteiger partial charge in [0.05, 0.1) is 27.2 Å². The molecule has 0 aromatic heterocycles. The maximum atomic E-state index is 2.70. The van der Waals surface area contributed by atoms with E-state index in [2.05, 4.69) is 73.6 Å². The van der Waals surface area contributed by atoms with Gasteiger partial charge in [0.1, 0.15) is 6.04 Å². The normalized spacial score (nSPS) is 20.8. The highest BCUT2D eigenvalue weighted by molar-refractivity contribution is 5.50. The predicted octanol–water partition coefficient (Wildman–Crippen LogP) is 1.54. The number of halogens is 1. The second-order valence-corrected chi connectivity index (χ2v) is 8.12. The van der Waals surface area contributed by atoms with Crippen LogP contribution in [0, 0.1) is 0 Å². The lowest BCUT2D eigenvalue weighted by molar-refractivity contribution is -0.900. The van der Waals surface area contributed by atoms with E-state index in [4.69, 9.17) is 0 Å². The van der Waals surface area contributed by atoms with Gasteiger partial charge in [0.15, 0.2) is 0 Å². The van der Waals surface area contributed by atoms with Gasteiger partial charge in [-0.25, -0.2) is 0 Å². The molecule has 2 aromatic rings. The Bertz CT molecular complexity index is 673. The topological polar surface area (TPSA) is 3.24 Å². The molecule has 1 unspecified atom stereocenters. The smallest absolute Gasteiger partial charge is 0.107 e. The van der Waals surface area contributed by atoms with Crippen LogP contribution < -0.4 is 28.9 Å². The minimum Gasteiger partial charge on any atom is -1.00 e. The van der Waals surface area contributed by atoms with Crippen LogP contribution in [0.2, 0.25) is 0 Å². The average Bonchev–Trinajstić information content (AvgIpc) is 3.16. The first-order valence-corrected chi connectivity index (χ1v) is 9.35. The number of hydrogen-bond donors (Lipinski definition) is 0. The largest absolute Gasteiger partial charge is 1.00 e. The number of nitrogens with zero attached hydrogens (tertiary/aromatic N) is 2. The lowest BCUT2D eigenvalue weighted by atomic mass is 10.1. The lowest BCUT2D eigenvalue weighted by Crippen LogP contribution is -3.00. The van der Waals surface area contributed by atoms with Crippen LogP contribution in [-0.4, -0.2) is 43.8 Å². The van der Waals surface area contributed by atoms with E-state index in [1.54, 1.807) is 11.1 Å². The fraction of sp³-hybridized carbons (Fsp3) is 0.478. The van der Waals surface area contributed by atoms with Crippen molar-refractivity contribution >= 4 is 5.69 Å². The first kappa shape index (κ1) is 21.2. The van der Waals surface area contributed by atoms with Crippen LogP contribution in [0.5, 0.6) is 0 Å². The molecule has 0 bridgehead atoms. The Balaban J connectivity index is 0.00000121. The Hall–Kier alpha value is -1.07. The molecule has 1 saturated heterocycles. The van der Waals surface area contributed by atoms with Gasteiger partial charge in [-0.3, -0.25) is 0 Å². The summed E-state index contributed by atoms with van der Waals surface area (Å²) < 4.78 is 1.17. The summed E-state index contributed by atoms with van der Waals surface area (Å²) in [5.74, 6) is 0. The van der Waals surface area contributed by atoms with E-state index in [9.17, 15) is 0 Å². The molecule has 4 rings (SSSR count). The zero-order chi connectivity index (χ0) is 16.6. The molecule has 1 aliphatic heterocycles. The first-order valence-electron chi connectivity index (χ1n) is 9.35. The molecular formula is C23H33IN2. The van der Waals surface area contributed by atoms with Gasteiger partial charge >= 0.3 is 0 Å². The number of likely N-dealkylation sites (tertiary alicyclic amines) is 1. The van der Waals surface area contributed by atoms with Gasteiger partial charge in [0.25, 0.3) is 0 Å². The van der Waals surface area contributed by atoms with Crippen molar-refractivity contribution in [3.8, 4) is 0 Å². The molecule has 142 valence electrons. The summed E-state index contributed by atoms with van der Waals surface area (Å²) in [6.45, 7) is 2.49. The molecule has 0 N–H and O–H groups in total. The molecule has 1 atom stereocenters. The summed E-state index contributed by atoms with van der Waals surface area (Å²) in [5.41, 5.74) is 4.48. The Morgan fingerprint density at radius 1 is 0.923 bits per heavy atom. The van der Waals surface area contributed by atoms with Crippen LogP contribution in [-0.2, 0) is 12.8 Å². The number of benzene rings is 2. The summed E-state index contributed by atoms with van der Waals surface area (Å²) in [5, 5.41) is 0. The maximum absolute atomic E-state index is 2.70. The second kappa shape index (κ2) is 8.75. The zero-order valence-corrected chi connectivity index (χ0v) is 17.5. The number of likely N-dealkylation sites (N-methyl/N-ethyl adjacent to an activating group) is 1. The highest BCUT2D eigenvalue weighted by atomic mass is 127. The second-order valence-electron chi connectivity index (χ2n) is 8.12.